The van der Waals surface area contributed by atoms with Crippen LogP contribution in [0.4, 0.5) is 0 Å². The Labute approximate surface area is 139 Å². The minimum absolute atomic E-state index is 0.0987. The number of hydrogen-bond donors (Lipinski definition) is 1. The molecule has 23 heavy (non-hydrogen) atoms. The number of nitrogens with one attached hydrogen (secondary N) is 1. The maximum absolute atomic E-state index is 11.5. The molecule has 1 fully saturated rings. The number of nitrogens with zero attached hydrogens (tertiary/aromatic N) is 1. The van der Waals surface area contributed by atoms with Gasteiger partial charge in [0.05, 0.1) is 0 Å². The van der Waals surface area contributed by atoms with Gasteiger partial charge in [0.25, 0.3) is 0 Å². The van der Waals surface area contributed by atoms with E-state index < -0.39 is 0 Å². The van der Waals surface area contributed by atoms with Crippen molar-refractivity contribution in [3.05, 3.63) is 29.3 Å². The van der Waals surface area contributed by atoms with Crippen LogP contribution in [-0.2, 0) is 17.8 Å². The van der Waals surface area contributed by atoms with Crippen LogP contribution in [0.5, 0.6) is 5.75 Å². The van der Waals surface area contributed by atoms with Crippen molar-refractivity contribution in [2.75, 3.05) is 13.1 Å². The molecular formula is C19H28N2O2. The van der Waals surface area contributed by atoms with Gasteiger partial charge in [-0.25, -0.2) is 0 Å². The molecule has 0 unspecified atom stereocenters. The molecule has 2 heterocycles. The van der Waals surface area contributed by atoms with E-state index in [-0.39, 0.29) is 11.5 Å². The molecule has 0 bridgehead atoms. The van der Waals surface area contributed by atoms with E-state index in [1.165, 1.54) is 11.1 Å². The average Bonchev–Trinajstić information content (AvgIpc) is 2.80. The summed E-state index contributed by atoms with van der Waals surface area (Å²) in [5.74, 6) is 1.73. The van der Waals surface area contributed by atoms with Crippen LogP contribution in [0, 0.1) is 5.92 Å². The highest BCUT2D eigenvalue weighted by atomic mass is 16.5. The van der Waals surface area contributed by atoms with Gasteiger partial charge >= 0.3 is 0 Å². The summed E-state index contributed by atoms with van der Waals surface area (Å²) in [6.45, 7) is 10.7. The van der Waals surface area contributed by atoms with Crippen LogP contribution in [0.3, 0.4) is 0 Å². The third-order valence-corrected chi connectivity index (χ3v) is 5.08. The Morgan fingerprint density at radius 3 is 2.91 bits per heavy atom. The third kappa shape index (κ3) is 3.52. The van der Waals surface area contributed by atoms with Crippen LogP contribution in [0.25, 0.3) is 0 Å². The molecule has 4 nitrogen and oxygen atoms in total. The predicted molar refractivity (Wildman–Crippen MR) is 91.5 cm³/mol. The zero-order chi connectivity index (χ0) is 16.6. The summed E-state index contributed by atoms with van der Waals surface area (Å²) >= 11 is 0. The lowest BCUT2D eigenvalue weighted by atomic mass is 9.93. The number of hydrogen-bond acceptors (Lipinski definition) is 3. The maximum atomic E-state index is 11.5. The largest absolute Gasteiger partial charge is 0.487 e. The minimum Gasteiger partial charge on any atom is -0.487 e. The van der Waals surface area contributed by atoms with Gasteiger partial charge in [-0.05, 0) is 31.7 Å². The normalized spacial score (nSPS) is 25.8. The summed E-state index contributed by atoms with van der Waals surface area (Å²) in [5.41, 5.74) is 2.46. The molecule has 1 amide bonds. The second kappa shape index (κ2) is 6.16. The smallest absolute Gasteiger partial charge is 0.219 e. The van der Waals surface area contributed by atoms with Crippen LogP contribution in [-0.4, -0.2) is 35.5 Å². The van der Waals surface area contributed by atoms with Gasteiger partial charge in [-0.15, -0.1) is 0 Å². The van der Waals surface area contributed by atoms with Crippen LogP contribution < -0.4 is 10.1 Å². The van der Waals surface area contributed by atoms with Crippen LogP contribution >= 0.6 is 0 Å². The van der Waals surface area contributed by atoms with Crippen molar-refractivity contribution < 1.29 is 9.53 Å². The summed E-state index contributed by atoms with van der Waals surface area (Å²) in [4.78, 5) is 13.5. The molecule has 0 spiro atoms. The molecule has 4 heteroatoms. The number of benzene rings is 1. The highest BCUT2D eigenvalue weighted by Crippen LogP contribution is 2.37. The molecule has 1 N–H and O–H groups in total. The fourth-order valence-electron chi connectivity index (χ4n) is 3.79. The van der Waals surface area contributed by atoms with E-state index in [1.54, 1.807) is 6.92 Å². The van der Waals surface area contributed by atoms with E-state index in [0.29, 0.717) is 12.0 Å². The Hall–Kier alpha value is -1.55. The lowest BCUT2D eigenvalue weighted by Gasteiger charge is -2.37. The molecule has 0 aliphatic carbocycles. The SMILES string of the molecule is CC(=O)N1CC[C@@H](NCc2cccc3c2OC(C)(C)C3)[C@@H](C)C1. The van der Waals surface area contributed by atoms with E-state index in [1.807, 2.05) is 4.90 Å². The number of carbonyl (C=O) groups is 1. The van der Waals surface area contributed by atoms with E-state index >= 15 is 0 Å². The molecule has 0 saturated carbocycles. The van der Waals surface area contributed by atoms with Crippen molar-refractivity contribution in [2.45, 2.75) is 58.7 Å². The number of amides is 1. The van der Waals surface area contributed by atoms with Crippen molar-refractivity contribution in [2.24, 2.45) is 5.92 Å². The first-order valence-electron chi connectivity index (χ1n) is 8.64. The van der Waals surface area contributed by atoms with Gasteiger partial charge in [0.1, 0.15) is 11.4 Å². The molecule has 2 atom stereocenters. The second-order valence-electron chi connectivity index (χ2n) is 7.66. The Morgan fingerprint density at radius 1 is 1.43 bits per heavy atom. The predicted octanol–water partition coefficient (Wildman–Crippen LogP) is 2.75. The van der Waals surface area contributed by atoms with E-state index in [4.69, 9.17) is 4.74 Å². The number of carbonyl (C=O) groups excluding carboxylic acids is 1. The topological polar surface area (TPSA) is 41.6 Å². The van der Waals surface area contributed by atoms with Crippen molar-refractivity contribution in [3.63, 3.8) is 0 Å². The first-order valence-corrected chi connectivity index (χ1v) is 8.64. The number of ether oxygens (including phenoxy) is 1. The van der Waals surface area contributed by atoms with Gasteiger partial charge in [-0.1, -0.05) is 25.1 Å². The Morgan fingerprint density at radius 2 is 2.22 bits per heavy atom. The second-order valence-corrected chi connectivity index (χ2v) is 7.66. The molecule has 1 aromatic rings. The van der Waals surface area contributed by atoms with E-state index in [9.17, 15) is 4.79 Å². The number of rotatable bonds is 3. The summed E-state index contributed by atoms with van der Waals surface area (Å²) in [5, 5.41) is 3.69. The molecule has 2 aliphatic rings. The lowest BCUT2D eigenvalue weighted by Crippen LogP contribution is -2.49. The highest BCUT2D eigenvalue weighted by Gasteiger charge is 2.32. The fourth-order valence-corrected chi connectivity index (χ4v) is 3.79. The molecule has 0 aromatic heterocycles. The third-order valence-electron chi connectivity index (χ3n) is 5.08. The Kier molecular flexibility index (Phi) is 4.37. The quantitative estimate of drug-likeness (QED) is 0.932. The number of para-hydroxylation sites is 1. The van der Waals surface area contributed by atoms with Crippen molar-refractivity contribution in [1.82, 2.24) is 10.2 Å². The lowest BCUT2D eigenvalue weighted by molar-refractivity contribution is -0.130. The zero-order valence-electron chi connectivity index (χ0n) is 14.7. The molecule has 0 radical (unpaired) electrons. The minimum atomic E-state index is -0.0987. The maximum Gasteiger partial charge on any atom is 0.219 e. The van der Waals surface area contributed by atoms with Crippen molar-refractivity contribution in [1.29, 1.82) is 0 Å². The number of piperidine rings is 1. The van der Waals surface area contributed by atoms with Crippen LogP contribution in [0.2, 0.25) is 0 Å². The molecular weight excluding hydrogens is 288 g/mol. The van der Waals surface area contributed by atoms with Gasteiger partial charge < -0.3 is 15.0 Å². The van der Waals surface area contributed by atoms with Crippen LogP contribution in [0.15, 0.2) is 18.2 Å². The van der Waals surface area contributed by atoms with E-state index in [2.05, 4.69) is 44.3 Å². The molecule has 126 valence electrons. The molecule has 1 aromatic carbocycles. The van der Waals surface area contributed by atoms with Gasteiger partial charge in [0.15, 0.2) is 0 Å². The Balaban J connectivity index is 1.62. The Bertz CT molecular complexity index is 597. The molecule has 3 rings (SSSR count). The first-order chi connectivity index (χ1) is 10.9. The monoisotopic (exact) mass is 316 g/mol. The average molecular weight is 316 g/mol. The number of likely N-dealkylation sites (tertiary alicyclic amines) is 1. The highest BCUT2D eigenvalue weighted by molar-refractivity contribution is 5.73. The van der Waals surface area contributed by atoms with E-state index in [0.717, 1.165) is 38.2 Å². The van der Waals surface area contributed by atoms with Crippen LogP contribution in [0.1, 0.15) is 45.2 Å². The molecule has 2 aliphatic heterocycles. The first kappa shape index (κ1) is 16.3. The number of fused-ring (bicyclic) bond motifs is 1. The summed E-state index contributed by atoms with van der Waals surface area (Å²) in [6.07, 6.45) is 1.99. The zero-order valence-corrected chi connectivity index (χ0v) is 14.7. The van der Waals surface area contributed by atoms with Gasteiger partial charge in [-0.3, -0.25) is 4.79 Å². The summed E-state index contributed by atoms with van der Waals surface area (Å²) in [6, 6.07) is 6.91. The van der Waals surface area contributed by atoms with Gasteiger partial charge in [0.2, 0.25) is 5.91 Å². The molecule has 1 saturated heterocycles. The summed E-state index contributed by atoms with van der Waals surface area (Å²) in [7, 11) is 0. The fraction of sp³-hybridized carbons (Fsp3) is 0.632. The standard InChI is InChI=1S/C19H28N2O2/c1-13-12-21(14(2)22)9-8-17(13)20-11-16-7-5-6-15-10-19(3,4)23-18(15)16/h5-7,13,17,20H,8-12H2,1-4H3/t13-,17+/m0/s1. The van der Waals surface area contributed by atoms with Gasteiger partial charge in [0, 0.05) is 44.6 Å². The van der Waals surface area contributed by atoms with Crippen molar-refractivity contribution >= 4 is 5.91 Å². The van der Waals surface area contributed by atoms with Crippen molar-refractivity contribution in [3.8, 4) is 5.75 Å². The van der Waals surface area contributed by atoms with Gasteiger partial charge in [-0.2, -0.15) is 0 Å². The summed E-state index contributed by atoms with van der Waals surface area (Å²) < 4.78 is 6.15.